The van der Waals surface area contributed by atoms with Crippen LogP contribution in [0.1, 0.15) is 16.8 Å². The van der Waals surface area contributed by atoms with Crippen molar-refractivity contribution in [3.8, 4) is 0 Å². The molecule has 0 radical (unpaired) electrons. The summed E-state index contributed by atoms with van der Waals surface area (Å²) in [6.07, 6.45) is -4.44. The number of carbonyl (C=O) groups excluding carboxylic acids is 1. The average Bonchev–Trinajstić information content (AvgIpc) is 2.34. The molecule has 7 heteroatoms. The van der Waals surface area contributed by atoms with E-state index in [1.807, 2.05) is 0 Å². The number of rotatable bonds is 7. The van der Waals surface area contributed by atoms with Crippen LogP contribution in [0.2, 0.25) is 5.02 Å². The van der Waals surface area contributed by atoms with Gasteiger partial charge in [-0.25, -0.2) is 0 Å². The van der Waals surface area contributed by atoms with Crippen LogP contribution < -0.4 is 0 Å². The molecule has 0 spiro atoms. The zero-order chi connectivity index (χ0) is 15.2. The van der Waals surface area contributed by atoms with Crippen LogP contribution in [0.25, 0.3) is 0 Å². The molecule has 0 bridgehead atoms. The molecule has 1 N–H and O–H groups in total. The molecular weight excluding hydrogens is 295 g/mol. The molecule has 0 aliphatic heterocycles. The van der Waals surface area contributed by atoms with Crippen LogP contribution in [0.15, 0.2) is 24.3 Å². The summed E-state index contributed by atoms with van der Waals surface area (Å²) < 4.78 is 36.9. The van der Waals surface area contributed by atoms with Crippen molar-refractivity contribution in [3.05, 3.63) is 34.9 Å². The van der Waals surface area contributed by atoms with E-state index in [-0.39, 0.29) is 30.3 Å². The third-order valence-electron chi connectivity index (χ3n) is 2.65. The molecule has 0 saturated carbocycles. The van der Waals surface area contributed by atoms with Gasteiger partial charge in [-0.1, -0.05) is 23.7 Å². The smallest absolute Gasteiger partial charge is 0.395 e. The van der Waals surface area contributed by atoms with E-state index in [0.29, 0.717) is 5.56 Å². The molecule has 20 heavy (non-hydrogen) atoms. The van der Waals surface area contributed by atoms with Gasteiger partial charge in [-0.2, -0.15) is 13.2 Å². The summed E-state index contributed by atoms with van der Waals surface area (Å²) in [6, 6.07) is 6.39. The lowest BCUT2D eigenvalue weighted by molar-refractivity contribution is -0.146. The molecule has 1 rings (SSSR count). The number of benzene rings is 1. The van der Waals surface area contributed by atoms with E-state index in [4.69, 9.17) is 16.7 Å². The van der Waals surface area contributed by atoms with Gasteiger partial charge >= 0.3 is 6.18 Å². The van der Waals surface area contributed by atoms with Crippen LogP contribution in [0.3, 0.4) is 0 Å². The molecule has 0 aromatic heterocycles. The quantitative estimate of drug-likeness (QED) is 0.787. The Balaban J connectivity index is 2.59. The Kier molecular flexibility index (Phi) is 6.45. The highest BCUT2D eigenvalue weighted by Gasteiger charge is 2.30. The van der Waals surface area contributed by atoms with Gasteiger partial charge < -0.3 is 5.11 Å². The molecular formula is C13H15ClF3NO2. The van der Waals surface area contributed by atoms with Crippen molar-refractivity contribution < 1.29 is 23.1 Å². The Hall–Kier alpha value is -1.11. The summed E-state index contributed by atoms with van der Waals surface area (Å²) in [5, 5.41) is 9.02. The largest absolute Gasteiger partial charge is 0.401 e. The average molecular weight is 310 g/mol. The number of Topliss-reactive ketones (excluding diaryl/α,β-unsaturated/α-hetero) is 1. The van der Waals surface area contributed by atoms with Crippen molar-refractivity contribution in [3.63, 3.8) is 0 Å². The molecule has 0 unspecified atom stereocenters. The number of hydrogen-bond donors (Lipinski definition) is 1. The van der Waals surface area contributed by atoms with E-state index in [2.05, 4.69) is 0 Å². The molecule has 112 valence electrons. The van der Waals surface area contributed by atoms with Crippen molar-refractivity contribution in [2.75, 3.05) is 26.2 Å². The van der Waals surface area contributed by atoms with E-state index in [1.54, 1.807) is 18.2 Å². The number of hydrogen-bond acceptors (Lipinski definition) is 3. The molecule has 0 amide bonds. The highest BCUT2D eigenvalue weighted by Crippen LogP contribution is 2.19. The first-order chi connectivity index (χ1) is 9.33. The number of ketones is 1. The molecule has 0 heterocycles. The van der Waals surface area contributed by atoms with Crippen LogP contribution in [0, 0.1) is 0 Å². The van der Waals surface area contributed by atoms with E-state index in [1.165, 1.54) is 6.07 Å². The second-order valence-electron chi connectivity index (χ2n) is 4.27. The summed E-state index contributed by atoms with van der Waals surface area (Å²) in [7, 11) is 0. The molecule has 1 aromatic rings. The second-order valence-corrected chi connectivity index (χ2v) is 4.68. The Labute approximate surface area is 120 Å². The zero-order valence-corrected chi connectivity index (χ0v) is 11.4. The number of carbonyl (C=O) groups is 1. The lowest BCUT2D eigenvalue weighted by atomic mass is 10.1. The monoisotopic (exact) mass is 309 g/mol. The predicted molar refractivity (Wildman–Crippen MR) is 70.0 cm³/mol. The highest BCUT2D eigenvalue weighted by molar-refractivity contribution is 6.33. The van der Waals surface area contributed by atoms with Gasteiger partial charge in [0, 0.05) is 25.1 Å². The van der Waals surface area contributed by atoms with Gasteiger partial charge in [0.05, 0.1) is 18.2 Å². The minimum Gasteiger partial charge on any atom is -0.395 e. The van der Waals surface area contributed by atoms with Gasteiger partial charge in [-0.05, 0) is 12.1 Å². The lowest BCUT2D eigenvalue weighted by Gasteiger charge is -2.22. The summed E-state index contributed by atoms with van der Waals surface area (Å²) in [6.45, 7) is -1.75. The Morgan fingerprint density at radius 3 is 2.45 bits per heavy atom. The summed E-state index contributed by atoms with van der Waals surface area (Å²) >= 11 is 5.85. The van der Waals surface area contributed by atoms with Gasteiger partial charge in [0.25, 0.3) is 0 Å². The topological polar surface area (TPSA) is 40.5 Å². The maximum Gasteiger partial charge on any atom is 0.401 e. The van der Waals surface area contributed by atoms with Crippen molar-refractivity contribution in [2.45, 2.75) is 12.6 Å². The third-order valence-corrected chi connectivity index (χ3v) is 2.98. The van der Waals surface area contributed by atoms with Crippen LogP contribution in [0.4, 0.5) is 13.2 Å². The van der Waals surface area contributed by atoms with E-state index < -0.39 is 19.3 Å². The van der Waals surface area contributed by atoms with Gasteiger partial charge in [-0.3, -0.25) is 9.69 Å². The normalized spacial score (nSPS) is 11.9. The Morgan fingerprint density at radius 2 is 1.90 bits per heavy atom. The number of alkyl halides is 3. The lowest BCUT2D eigenvalue weighted by Crippen LogP contribution is -2.37. The van der Waals surface area contributed by atoms with Gasteiger partial charge in [-0.15, -0.1) is 0 Å². The van der Waals surface area contributed by atoms with Gasteiger partial charge in [0.15, 0.2) is 5.78 Å². The zero-order valence-electron chi connectivity index (χ0n) is 10.7. The first-order valence-corrected chi connectivity index (χ1v) is 6.39. The minimum atomic E-state index is -4.36. The third kappa shape index (κ3) is 5.90. The molecule has 0 saturated heterocycles. The summed E-state index contributed by atoms with van der Waals surface area (Å²) in [5.74, 6) is -0.319. The fourth-order valence-corrected chi connectivity index (χ4v) is 1.99. The summed E-state index contributed by atoms with van der Waals surface area (Å²) in [5.41, 5.74) is 0.296. The maximum absolute atomic E-state index is 12.3. The van der Waals surface area contributed by atoms with E-state index in [0.717, 1.165) is 4.90 Å². The molecule has 3 nitrogen and oxygen atoms in total. The molecule has 1 aromatic carbocycles. The van der Waals surface area contributed by atoms with Crippen molar-refractivity contribution >= 4 is 17.4 Å². The fraction of sp³-hybridized carbons (Fsp3) is 0.462. The molecule has 0 fully saturated rings. The van der Waals surface area contributed by atoms with Gasteiger partial charge in [0.2, 0.25) is 0 Å². The first kappa shape index (κ1) is 16.9. The Bertz CT molecular complexity index is 451. The number of nitrogens with zero attached hydrogens (tertiary/aromatic N) is 1. The molecule has 0 atom stereocenters. The number of aliphatic hydroxyl groups excluding tert-OH is 1. The minimum absolute atomic E-state index is 0.0792. The SMILES string of the molecule is O=C(CCN(CCO)CC(F)(F)F)c1ccccc1Cl. The van der Waals surface area contributed by atoms with Gasteiger partial charge in [0.1, 0.15) is 0 Å². The predicted octanol–water partition coefficient (Wildman–Crippen LogP) is 2.77. The number of aliphatic hydroxyl groups is 1. The fourth-order valence-electron chi connectivity index (χ4n) is 1.75. The molecule has 0 aliphatic rings. The maximum atomic E-state index is 12.3. The van der Waals surface area contributed by atoms with Crippen molar-refractivity contribution in [1.82, 2.24) is 4.90 Å². The van der Waals surface area contributed by atoms with Crippen LogP contribution >= 0.6 is 11.6 Å². The number of halogens is 4. The highest BCUT2D eigenvalue weighted by atomic mass is 35.5. The van der Waals surface area contributed by atoms with Crippen molar-refractivity contribution in [1.29, 1.82) is 0 Å². The van der Waals surface area contributed by atoms with Crippen LogP contribution in [-0.2, 0) is 0 Å². The standard InChI is InChI=1S/C13H15ClF3NO2/c14-11-4-2-1-3-10(11)12(20)5-6-18(7-8-19)9-13(15,16)17/h1-4,19H,5-9H2. The summed E-state index contributed by atoms with van der Waals surface area (Å²) in [4.78, 5) is 12.9. The van der Waals surface area contributed by atoms with Crippen LogP contribution in [0.5, 0.6) is 0 Å². The Morgan fingerprint density at radius 1 is 1.25 bits per heavy atom. The van der Waals surface area contributed by atoms with Crippen molar-refractivity contribution in [2.24, 2.45) is 0 Å². The second kappa shape index (κ2) is 7.61. The first-order valence-electron chi connectivity index (χ1n) is 6.01. The van der Waals surface area contributed by atoms with E-state index >= 15 is 0 Å². The molecule has 0 aliphatic carbocycles. The van der Waals surface area contributed by atoms with E-state index in [9.17, 15) is 18.0 Å². The van der Waals surface area contributed by atoms with Crippen LogP contribution in [-0.4, -0.2) is 48.2 Å².